The van der Waals surface area contributed by atoms with Crippen molar-refractivity contribution in [3.05, 3.63) is 54.1 Å². The lowest BCUT2D eigenvalue weighted by Gasteiger charge is -2.09. The second-order valence-corrected chi connectivity index (χ2v) is 5.84. The first-order valence-electron chi connectivity index (χ1n) is 8.89. The van der Waals surface area contributed by atoms with Gasteiger partial charge in [0.15, 0.2) is 0 Å². The van der Waals surface area contributed by atoms with Crippen LogP contribution in [0.5, 0.6) is 5.75 Å². The number of hydrogen-bond donors (Lipinski definition) is 4. The van der Waals surface area contributed by atoms with E-state index in [-0.39, 0.29) is 30.9 Å². The maximum Gasteiger partial charge on any atom is 0.319 e. The van der Waals surface area contributed by atoms with Gasteiger partial charge < -0.3 is 26.0 Å². The number of ether oxygens (including phenoxy) is 1. The Balaban J connectivity index is 1.69. The molecule has 0 aliphatic heterocycles. The molecule has 0 saturated heterocycles. The van der Waals surface area contributed by atoms with Crippen molar-refractivity contribution in [2.24, 2.45) is 0 Å². The molecule has 0 heterocycles. The molecule has 0 atom stereocenters. The van der Waals surface area contributed by atoms with E-state index in [0.717, 1.165) is 0 Å². The van der Waals surface area contributed by atoms with Crippen molar-refractivity contribution < 1.29 is 19.1 Å². The van der Waals surface area contributed by atoms with Gasteiger partial charge in [-0.1, -0.05) is 6.92 Å². The maximum absolute atomic E-state index is 12.1. The topological polar surface area (TPSA) is 109 Å². The van der Waals surface area contributed by atoms with Crippen molar-refractivity contribution in [3.8, 4) is 5.75 Å². The van der Waals surface area contributed by atoms with Crippen molar-refractivity contribution >= 4 is 29.2 Å². The summed E-state index contributed by atoms with van der Waals surface area (Å²) in [7, 11) is 1.57. The second-order valence-electron chi connectivity index (χ2n) is 5.84. The number of amides is 4. The van der Waals surface area contributed by atoms with E-state index in [1.165, 1.54) is 0 Å². The number of hydrogen-bond acceptors (Lipinski definition) is 4. The molecule has 0 aliphatic rings. The van der Waals surface area contributed by atoms with Gasteiger partial charge in [-0.25, -0.2) is 4.79 Å². The zero-order valence-electron chi connectivity index (χ0n) is 15.9. The minimum Gasteiger partial charge on any atom is -0.497 e. The van der Waals surface area contributed by atoms with Crippen molar-refractivity contribution in [3.63, 3.8) is 0 Å². The van der Waals surface area contributed by atoms with Crippen LogP contribution >= 0.6 is 0 Å². The van der Waals surface area contributed by atoms with Gasteiger partial charge in [0, 0.05) is 36.4 Å². The lowest BCUT2D eigenvalue weighted by molar-refractivity contribution is -0.115. The zero-order valence-corrected chi connectivity index (χ0v) is 15.9. The van der Waals surface area contributed by atoms with Crippen LogP contribution in [0.1, 0.15) is 23.7 Å². The molecular weight excluding hydrogens is 360 g/mol. The number of carbonyl (C=O) groups excluding carboxylic acids is 3. The third kappa shape index (κ3) is 6.64. The van der Waals surface area contributed by atoms with Crippen LogP contribution in [-0.2, 0) is 4.79 Å². The first-order chi connectivity index (χ1) is 13.5. The molecular formula is C20H24N4O4. The molecule has 2 rings (SSSR count). The highest BCUT2D eigenvalue weighted by Gasteiger charge is 2.06. The molecule has 28 heavy (non-hydrogen) atoms. The molecule has 148 valence electrons. The number of urea groups is 1. The minimum atomic E-state index is -0.365. The number of carbonyl (C=O) groups is 3. The van der Waals surface area contributed by atoms with Crippen molar-refractivity contribution in [2.75, 3.05) is 30.8 Å². The molecule has 0 spiro atoms. The van der Waals surface area contributed by atoms with Gasteiger partial charge >= 0.3 is 6.03 Å². The molecule has 2 aromatic carbocycles. The van der Waals surface area contributed by atoms with Crippen LogP contribution in [0.25, 0.3) is 0 Å². The summed E-state index contributed by atoms with van der Waals surface area (Å²) in [6, 6.07) is 13.2. The van der Waals surface area contributed by atoms with Crippen LogP contribution in [0.3, 0.4) is 0 Å². The van der Waals surface area contributed by atoms with Crippen LogP contribution in [-0.4, -0.2) is 38.0 Å². The largest absolute Gasteiger partial charge is 0.497 e. The average molecular weight is 384 g/mol. The molecule has 0 bridgehead atoms. The molecule has 0 saturated carbocycles. The van der Waals surface area contributed by atoms with Gasteiger partial charge in [-0.15, -0.1) is 0 Å². The first kappa shape index (κ1) is 20.8. The fourth-order valence-electron chi connectivity index (χ4n) is 2.26. The molecule has 0 aliphatic carbocycles. The molecule has 2 aromatic rings. The Bertz CT molecular complexity index is 804. The van der Waals surface area contributed by atoms with Crippen molar-refractivity contribution in [1.82, 2.24) is 10.6 Å². The summed E-state index contributed by atoms with van der Waals surface area (Å²) in [6.45, 7) is 2.32. The van der Waals surface area contributed by atoms with Gasteiger partial charge in [0.25, 0.3) is 5.91 Å². The third-order valence-corrected chi connectivity index (χ3v) is 3.80. The lowest BCUT2D eigenvalue weighted by atomic mass is 10.2. The molecule has 8 nitrogen and oxygen atoms in total. The van der Waals surface area contributed by atoms with E-state index < -0.39 is 0 Å². The predicted octanol–water partition coefficient (Wildman–Crippen LogP) is 2.60. The Kier molecular flexibility index (Phi) is 7.83. The van der Waals surface area contributed by atoms with Crippen LogP contribution in [0.2, 0.25) is 0 Å². The molecule has 0 unspecified atom stereocenters. The fraction of sp³-hybridized carbons (Fsp3) is 0.250. The standard InChI is InChI=1S/C20H24N4O4/c1-3-18(25)23-15-6-4-14(5-7-15)19(26)21-12-13-22-20(27)24-16-8-10-17(28-2)11-9-16/h4-11H,3,12-13H2,1-2H3,(H,21,26)(H,23,25)(H2,22,24,27). The SMILES string of the molecule is CCC(=O)Nc1ccc(C(=O)NCCNC(=O)Nc2ccc(OC)cc2)cc1. The van der Waals surface area contributed by atoms with Crippen LogP contribution in [0, 0.1) is 0 Å². The highest BCUT2D eigenvalue weighted by atomic mass is 16.5. The number of rotatable bonds is 8. The third-order valence-electron chi connectivity index (χ3n) is 3.80. The summed E-state index contributed by atoms with van der Waals surface area (Å²) in [6.07, 6.45) is 0.390. The van der Waals surface area contributed by atoms with Crippen molar-refractivity contribution in [2.45, 2.75) is 13.3 Å². The van der Waals surface area contributed by atoms with E-state index >= 15 is 0 Å². The van der Waals surface area contributed by atoms with Gasteiger partial charge in [0.05, 0.1) is 7.11 Å². The van der Waals surface area contributed by atoms with Gasteiger partial charge in [-0.3, -0.25) is 9.59 Å². The fourth-order valence-corrected chi connectivity index (χ4v) is 2.26. The average Bonchev–Trinajstić information content (AvgIpc) is 2.72. The maximum atomic E-state index is 12.1. The van der Waals surface area contributed by atoms with Gasteiger partial charge in [-0.05, 0) is 48.5 Å². The van der Waals surface area contributed by atoms with E-state index in [0.29, 0.717) is 29.1 Å². The normalized spacial score (nSPS) is 9.93. The smallest absolute Gasteiger partial charge is 0.319 e. The first-order valence-corrected chi connectivity index (χ1v) is 8.89. The van der Waals surface area contributed by atoms with Crippen molar-refractivity contribution in [1.29, 1.82) is 0 Å². The number of methoxy groups -OCH3 is 1. The molecule has 8 heteroatoms. The molecule has 0 radical (unpaired) electrons. The van der Waals surface area contributed by atoms with Gasteiger partial charge in [-0.2, -0.15) is 0 Å². The monoisotopic (exact) mass is 384 g/mol. The van der Waals surface area contributed by atoms with E-state index in [1.54, 1.807) is 62.6 Å². The summed E-state index contributed by atoms with van der Waals surface area (Å²) in [5.41, 5.74) is 1.75. The zero-order chi connectivity index (χ0) is 20.4. The van der Waals surface area contributed by atoms with Crippen LogP contribution in [0.15, 0.2) is 48.5 Å². The Labute approximate surface area is 163 Å². The lowest BCUT2D eigenvalue weighted by Crippen LogP contribution is -2.36. The highest BCUT2D eigenvalue weighted by Crippen LogP contribution is 2.14. The highest BCUT2D eigenvalue weighted by molar-refractivity contribution is 5.95. The Morgan fingerprint density at radius 1 is 0.821 bits per heavy atom. The summed E-state index contributed by atoms with van der Waals surface area (Å²) < 4.78 is 5.05. The number of nitrogens with one attached hydrogen (secondary N) is 4. The van der Waals surface area contributed by atoms with E-state index in [2.05, 4.69) is 21.3 Å². The molecule has 0 fully saturated rings. The van der Waals surface area contributed by atoms with Gasteiger partial charge in [0.2, 0.25) is 5.91 Å². The second kappa shape index (κ2) is 10.6. The van der Waals surface area contributed by atoms with Gasteiger partial charge in [0.1, 0.15) is 5.75 Å². The minimum absolute atomic E-state index is 0.0869. The number of benzene rings is 2. The predicted molar refractivity (Wildman–Crippen MR) is 108 cm³/mol. The van der Waals surface area contributed by atoms with E-state index in [4.69, 9.17) is 4.74 Å². The summed E-state index contributed by atoms with van der Waals surface area (Å²) in [4.78, 5) is 35.3. The summed E-state index contributed by atoms with van der Waals surface area (Å²) in [5, 5.41) is 10.8. The quantitative estimate of drug-likeness (QED) is 0.525. The van der Waals surface area contributed by atoms with E-state index in [9.17, 15) is 14.4 Å². The van der Waals surface area contributed by atoms with Crippen LogP contribution < -0.4 is 26.0 Å². The van der Waals surface area contributed by atoms with E-state index in [1.807, 2.05) is 0 Å². The Morgan fingerprint density at radius 3 is 2.00 bits per heavy atom. The molecule has 0 aromatic heterocycles. The summed E-state index contributed by atoms with van der Waals surface area (Å²) in [5.74, 6) is 0.358. The Morgan fingerprint density at radius 2 is 1.39 bits per heavy atom. The Hall–Kier alpha value is -3.55. The summed E-state index contributed by atoms with van der Waals surface area (Å²) >= 11 is 0. The van der Waals surface area contributed by atoms with Crippen LogP contribution in [0.4, 0.5) is 16.2 Å². The molecule has 4 amide bonds. The number of anilines is 2. The molecule has 4 N–H and O–H groups in total.